The van der Waals surface area contributed by atoms with E-state index in [2.05, 4.69) is 20.4 Å². The number of anilines is 1. The molecule has 1 amide bonds. The number of hydrogen-bond acceptors (Lipinski definition) is 8. The van der Waals surface area contributed by atoms with Crippen LogP contribution in [0.5, 0.6) is 5.75 Å². The van der Waals surface area contributed by atoms with E-state index in [-0.39, 0.29) is 23.2 Å². The van der Waals surface area contributed by atoms with Crippen molar-refractivity contribution in [3.63, 3.8) is 0 Å². The van der Waals surface area contributed by atoms with Gasteiger partial charge in [0.15, 0.2) is 0 Å². The van der Waals surface area contributed by atoms with Crippen molar-refractivity contribution in [1.29, 1.82) is 0 Å². The first-order valence-corrected chi connectivity index (χ1v) is 10.7. The molecule has 1 fully saturated rings. The molecule has 1 aromatic heterocycles. The molecule has 0 aliphatic carbocycles. The van der Waals surface area contributed by atoms with Crippen molar-refractivity contribution in [1.82, 2.24) is 15.0 Å². The zero-order valence-corrected chi connectivity index (χ0v) is 18.5. The van der Waals surface area contributed by atoms with E-state index in [0.717, 1.165) is 30.5 Å². The Bertz CT molecular complexity index is 1140. The maximum absolute atomic E-state index is 12.9. The Morgan fingerprint density at radius 3 is 2.82 bits per heavy atom. The van der Waals surface area contributed by atoms with Gasteiger partial charge in [0.05, 0.1) is 30.2 Å². The van der Waals surface area contributed by atoms with Gasteiger partial charge in [0.1, 0.15) is 5.75 Å². The minimum Gasteiger partial charge on any atom is -0.495 e. The summed E-state index contributed by atoms with van der Waals surface area (Å²) < 4.78 is 10.7. The summed E-state index contributed by atoms with van der Waals surface area (Å²) in [4.78, 5) is 30.1. The lowest BCUT2D eigenvalue weighted by atomic mass is 9.97. The lowest BCUT2D eigenvalue weighted by Gasteiger charge is -2.30. The summed E-state index contributed by atoms with van der Waals surface area (Å²) in [5, 5.41) is 18.0. The molecule has 172 valence electrons. The highest BCUT2D eigenvalue weighted by molar-refractivity contribution is 5.94. The van der Waals surface area contributed by atoms with E-state index in [9.17, 15) is 14.9 Å². The fourth-order valence-corrected chi connectivity index (χ4v) is 3.89. The Morgan fingerprint density at radius 1 is 1.30 bits per heavy atom. The van der Waals surface area contributed by atoms with Crippen LogP contribution in [-0.2, 0) is 11.3 Å². The maximum atomic E-state index is 12.9. The van der Waals surface area contributed by atoms with Crippen molar-refractivity contribution in [2.75, 3.05) is 25.5 Å². The molecular weight excluding hydrogens is 426 g/mol. The van der Waals surface area contributed by atoms with E-state index in [1.807, 2.05) is 31.2 Å². The molecule has 1 aliphatic heterocycles. The van der Waals surface area contributed by atoms with Crippen LogP contribution in [0.1, 0.15) is 24.3 Å². The first-order chi connectivity index (χ1) is 15.9. The maximum Gasteiger partial charge on any atom is 0.271 e. The van der Waals surface area contributed by atoms with Crippen molar-refractivity contribution < 1.29 is 19.0 Å². The molecule has 2 aromatic carbocycles. The minimum absolute atomic E-state index is 0.114. The molecule has 0 bridgehead atoms. The van der Waals surface area contributed by atoms with Crippen molar-refractivity contribution >= 4 is 17.3 Å². The second-order valence-electron chi connectivity index (χ2n) is 8.08. The number of nitrogens with zero attached hydrogens (tertiary/aromatic N) is 4. The number of nitro groups is 1. The molecule has 10 nitrogen and oxygen atoms in total. The molecule has 33 heavy (non-hydrogen) atoms. The summed E-state index contributed by atoms with van der Waals surface area (Å²) in [5.41, 5.74) is 2.21. The van der Waals surface area contributed by atoms with Crippen LogP contribution < -0.4 is 10.1 Å². The van der Waals surface area contributed by atoms with E-state index in [1.165, 1.54) is 25.3 Å². The lowest BCUT2D eigenvalue weighted by molar-refractivity contribution is -0.384. The Kier molecular flexibility index (Phi) is 6.64. The average molecular weight is 451 g/mol. The molecule has 0 radical (unpaired) electrons. The van der Waals surface area contributed by atoms with Crippen molar-refractivity contribution in [3.8, 4) is 17.1 Å². The number of rotatable bonds is 7. The van der Waals surface area contributed by atoms with Crippen LogP contribution in [0.15, 0.2) is 47.0 Å². The van der Waals surface area contributed by atoms with Gasteiger partial charge in [-0.2, -0.15) is 4.98 Å². The second kappa shape index (κ2) is 9.78. The molecule has 1 unspecified atom stereocenters. The summed E-state index contributed by atoms with van der Waals surface area (Å²) >= 11 is 0. The predicted molar refractivity (Wildman–Crippen MR) is 121 cm³/mol. The van der Waals surface area contributed by atoms with Crippen LogP contribution in [0.25, 0.3) is 11.4 Å². The second-order valence-corrected chi connectivity index (χ2v) is 8.08. The van der Waals surface area contributed by atoms with E-state index in [0.29, 0.717) is 30.6 Å². The number of amides is 1. The Balaban J connectivity index is 1.40. The number of nitrogens with one attached hydrogen (secondary N) is 1. The number of non-ortho nitro benzene ring substituents is 1. The topological polar surface area (TPSA) is 124 Å². The van der Waals surface area contributed by atoms with Gasteiger partial charge in [-0.25, -0.2) is 0 Å². The number of carbonyl (C=O) groups excluding carboxylic acids is 1. The number of aromatic nitrogens is 2. The minimum atomic E-state index is -0.507. The van der Waals surface area contributed by atoms with Gasteiger partial charge in [0.25, 0.3) is 5.69 Å². The van der Waals surface area contributed by atoms with Crippen molar-refractivity contribution in [2.24, 2.45) is 5.92 Å². The summed E-state index contributed by atoms with van der Waals surface area (Å²) in [7, 11) is 1.45. The van der Waals surface area contributed by atoms with Crippen LogP contribution in [0, 0.1) is 23.0 Å². The van der Waals surface area contributed by atoms with Crippen molar-refractivity contribution in [2.45, 2.75) is 26.3 Å². The van der Waals surface area contributed by atoms with E-state index < -0.39 is 4.92 Å². The van der Waals surface area contributed by atoms with Crippen molar-refractivity contribution in [3.05, 3.63) is 64.0 Å². The van der Waals surface area contributed by atoms with Gasteiger partial charge in [-0.3, -0.25) is 19.8 Å². The van der Waals surface area contributed by atoms with Gasteiger partial charge >= 0.3 is 0 Å². The molecule has 2 heterocycles. The van der Waals surface area contributed by atoms with Gasteiger partial charge < -0.3 is 14.6 Å². The van der Waals surface area contributed by atoms with Gasteiger partial charge in [-0.1, -0.05) is 35.0 Å². The Labute approximate surface area is 190 Å². The predicted octanol–water partition coefficient (Wildman–Crippen LogP) is 3.81. The fraction of sp³-hybridized carbons (Fsp3) is 0.348. The standard InChI is InChI=1S/C23H25N5O5/c1-15-5-7-16(8-6-15)22-25-21(33-26-22)14-27-11-3-4-17(13-27)23(29)24-19-12-18(28(30)31)9-10-20(19)32-2/h5-10,12,17H,3-4,11,13-14H2,1-2H3,(H,24,29). The third-order valence-electron chi connectivity index (χ3n) is 5.66. The quantitative estimate of drug-likeness (QED) is 0.425. The monoisotopic (exact) mass is 451 g/mol. The highest BCUT2D eigenvalue weighted by Crippen LogP contribution is 2.30. The molecule has 1 N–H and O–H groups in total. The van der Waals surface area contributed by atoms with Gasteiger partial charge in [-0.05, 0) is 32.4 Å². The number of piperidine rings is 1. The number of aryl methyl sites for hydroxylation is 1. The molecular formula is C23H25N5O5. The number of carbonyl (C=O) groups is 1. The number of ether oxygens (including phenoxy) is 1. The molecule has 1 aliphatic rings. The summed E-state index contributed by atoms with van der Waals surface area (Å²) in [5.74, 6) is 0.920. The average Bonchev–Trinajstić information content (AvgIpc) is 3.28. The van der Waals surface area contributed by atoms with Gasteiger partial charge in [-0.15, -0.1) is 0 Å². The van der Waals surface area contributed by atoms with Crippen LogP contribution in [-0.4, -0.2) is 46.1 Å². The highest BCUT2D eigenvalue weighted by Gasteiger charge is 2.28. The highest BCUT2D eigenvalue weighted by atomic mass is 16.6. The number of nitro benzene ring substituents is 1. The van der Waals surface area contributed by atoms with Crippen LogP contribution in [0.2, 0.25) is 0 Å². The molecule has 1 atom stereocenters. The molecule has 0 saturated carbocycles. The fourth-order valence-electron chi connectivity index (χ4n) is 3.89. The van der Waals surface area contributed by atoms with E-state index in [1.54, 1.807) is 0 Å². The smallest absolute Gasteiger partial charge is 0.271 e. The molecule has 4 rings (SSSR count). The zero-order valence-electron chi connectivity index (χ0n) is 18.5. The number of hydrogen-bond donors (Lipinski definition) is 1. The third kappa shape index (κ3) is 5.35. The number of methoxy groups -OCH3 is 1. The first-order valence-electron chi connectivity index (χ1n) is 10.7. The lowest BCUT2D eigenvalue weighted by Crippen LogP contribution is -2.40. The molecule has 1 saturated heterocycles. The van der Waals surface area contributed by atoms with Crippen LogP contribution >= 0.6 is 0 Å². The van der Waals surface area contributed by atoms with Gasteiger partial charge in [0, 0.05) is 24.2 Å². The molecule has 0 spiro atoms. The van der Waals surface area contributed by atoms with Gasteiger partial charge in [0.2, 0.25) is 17.6 Å². The summed E-state index contributed by atoms with van der Waals surface area (Å²) in [6, 6.07) is 12.0. The van der Waals surface area contributed by atoms with E-state index in [4.69, 9.17) is 9.26 Å². The number of benzene rings is 2. The largest absolute Gasteiger partial charge is 0.495 e. The summed E-state index contributed by atoms with van der Waals surface area (Å²) in [6.07, 6.45) is 1.56. The Morgan fingerprint density at radius 2 is 2.09 bits per heavy atom. The third-order valence-corrected chi connectivity index (χ3v) is 5.66. The summed E-state index contributed by atoms with van der Waals surface area (Å²) in [6.45, 7) is 3.80. The Hall–Kier alpha value is -3.79. The van der Waals surface area contributed by atoms with E-state index >= 15 is 0 Å². The first kappa shape index (κ1) is 22.4. The number of likely N-dealkylation sites (tertiary alicyclic amines) is 1. The molecule has 10 heteroatoms. The zero-order chi connectivity index (χ0) is 23.4. The van der Waals surface area contributed by atoms with Crippen LogP contribution in [0.4, 0.5) is 11.4 Å². The SMILES string of the molecule is COc1ccc([N+](=O)[O-])cc1NC(=O)C1CCCN(Cc2nc(-c3ccc(C)cc3)no2)C1. The molecule has 3 aromatic rings. The van der Waals surface area contributed by atoms with Crippen LogP contribution in [0.3, 0.4) is 0 Å². The normalized spacial score (nSPS) is 16.4.